The normalized spacial score (nSPS) is 17.4. The zero-order chi connectivity index (χ0) is 39.7. The van der Waals surface area contributed by atoms with Crippen LogP contribution in [0, 0.1) is 11.3 Å². The number of nitrogens with zero attached hydrogens (tertiary/aromatic N) is 2. The van der Waals surface area contributed by atoms with Crippen LogP contribution in [0.15, 0.2) is 0 Å². The fraction of sp³-hybridized carbons (Fsp3) is 0.958. The number of carbonyl (C=O) groups excluding carboxylic acids is 2. The third-order valence-electron chi connectivity index (χ3n) is 13.2. The van der Waals surface area contributed by atoms with E-state index in [1.54, 1.807) is 0 Å². The van der Waals surface area contributed by atoms with Gasteiger partial charge in [-0.3, -0.25) is 14.5 Å². The van der Waals surface area contributed by atoms with Crippen molar-refractivity contribution in [1.29, 1.82) is 0 Å². The third-order valence-corrected chi connectivity index (χ3v) is 13.2. The highest BCUT2D eigenvalue weighted by molar-refractivity contribution is 5.72. The van der Waals surface area contributed by atoms with Gasteiger partial charge in [-0.1, -0.05) is 162 Å². The standard InChI is InChI=1S/C48H92N2O5/c1-4-7-10-13-15-16-17-18-19-20-21-23-26-31-46(52)54-42-45(50-39-34-48(35-40-50)32-37-49(38-33-48)36-27-28-41-51)43-55-47(53)44(29-24-12-9-6-3)30-25-22-14-11-8-5-2/h44-45,51H,4-43H2,1-3H3. The number of rotatable bonds is 36. The van der Waals surface area contributed by atoms with Crippen molar-refractivity contribution < 1.29 is 24.2 Å². The Bertz CT molecular complexity index is 897. The summed E-state index contributed by atoms with van der Waals surface area (Å²) >= 11 is 0. The molecule has 2 aliphatic heterocycles. The molecule has 0 aliphatic carbocycles. The number of piperidine rings is 2. The van der Waals surface area contributed by atoms with E-state index in [2.05, 4.69) is 30.6 Å². The Kier molecular flexibility index (Phi) is 30.7. The van der Waals surface area contributed by atoms with E-state index < -0.39 is 0 Å². The van der Waals surface area contributed by atoms with Crippen molar-refractivity contribution in [2.75, 3.05) is 52.5 Å². The lowest BCUT2D eigenvalue weighted by Gasteiger charge is -2.48. The maximum absolute atomic E-state index is 13.6. The van der Waals surface area contributed by atoms with Crippen LogP contribution in [-0.4, -0.2) is 85.4 Å². The van der Waals surface area contributed by atoms with Gasteiger partial charge in [-0.2, -0.15) is 0 Å². The van der Waals surface area contributed by atoms with Crippen LogP contribution in [0.1, 0.15) is 226 Å². The van der Waals surface area contributed by atoms with Crippen molar-refractivity contribution in [1.82, 2.24) is 9.80 Å². The van der Waals surface area contributed by atoms with E-state index in [-0.39, 0.29) is 30.5 Å². The van der Waals surface area contributed by atoms with E-state index in [4.69, 9.17) is 9.47 Å². The number of unbranched alkanes of at least 4 members (excludes halogenated alkanes) is 21. The van der Waals surface area contributed by atoms with E-state index in [1.165, 1.54) is 135 Å². The van der Waals surface area contributed by atoms with Crippen LogP contribution in [0.25, 0.3) is 0 Å². The topological polar surface area (TPSA) is 79.3 Å². The maximum Gasteiger partial charge on any atom is 0.308 e. The van der Waals surface area contributed by atoms with Gasteiger partial charge in [0.1, 0.15) is 13.2 Å². The van der Waals surface area contributed by atoms with Gasteiger partial charge in [0.25, 0.3) is 0 Å². The fourth-order valence-corrected chi connectivity index (χ4v) is 9.03. The van der Waals surface area contributed by atoms with Gasteiger partial charge in [-0.05, 0) is 95.9 Å². The molecule has 7 nitrogen and oxygen atoms in total. The Morgan fingerprint density at radius 1 is 0.545 bits per heavy atom. The average Bonchev–Trinajstić information content (AvgIpc) is 3.20. The number of esters is 2. The van der Waals surface area contributed by atoms with Crippen molar-refractivity contribution in [3.05, 3.63) is 0 Å². The molecule has 0 aromatic carbocycles. The monoisotopic (exact) mass is 777 g/mol. The van der Waals surface area contributed by atoms with Crippen molar-refractivity contribution in [3.63, 3.8) is 0 Å². The minimum Gasteiger partial charge on any atom is -0.464 e. The first-order chi connectivity index (χ1) is 27.0. The highest BCUT2D eigenvalue weighted by Crippen LogP contribution is 2.41. The molecule has 324 valence electrons. The Morgan fingerprint density at radius 2 is 0.982 bits per heavy atom. The van der Waals surface area contributed by atoms with Crippen molar-refractivity contribution in [2.45, 2.75) is 232 Å². The molecule has 7 heteroatoms. The van der Waals surface area contributed by atoms with Crippen LogP contribution >= 0.6 is 0 Å². The number of carbonyl (C=O) groups is 2. The Balaban J connectivity index is 1.84. The first-order valence-electron chi connectivity index (χ1n) is 24.4. The number of likely N-dealkylation sites (tertiary alicyclic amines) is 2. The lowest BCUT2D eigenvalue weighted by Crippen LogP contribution is -2.52. The molecule has 0 bridgehead atoms. The molecule has 0 saturated carbocycles. The second-order valence-corrected chi connectivity index (χ2v) is 17.9. The van der Waals surface area contributed by atoms with E-state index in [9.17, 15) is 14.7 Å². The second-order valence-electron chi connectivity index (χ2n) is 17.9. The molecule has 2 heterocycles. The number of aliphatic hydroxyl groups is 1. The van der Waals surface area contributed by atoms with Crippen molar-refractivity contribution in [3.8, 4) is 0 Å². The molecule has 0 aromatic heterocycles. The van der Waals surface area contributed by atoms with Crippen LogP contribution in [0.2, 0.25) is 0 Å². The van der Waals surface area contributed by atoms with E-state index in [0.717, 1.165) is 96.9 Å². The van der Waals surface area contributed by atoms with Gasteiger partial charge in [-0.15, -0.1) is 0 Å². The lowest BCUT2D eigenvalue weighted by atomic mass is 9.71. The molecule has 1 N–H and O–H groups in total. The molecule has 2 aliphatic rings. The van der Waals surface area contributed by atoms with E-state index >= 15 is 0 Å². The van der Waals surface area contributed by atoms with Crippen LogP contribution in [0.5, 0.6) is 0 Å². The summed E-state index contributed by atoms with van der Waals surface area (Å²) in [5.41, 5.74) is 0.400. The molecule has 2 rings (SSSR count). The van der Waals surface area contributed by atoms with Gasteiger partial charge < -0.3 is 19.5 Å². The number of aliphatic hydroxyl groups excluding tert-OH is 1. The average molecular weight is 777 g/mol. The molecule has 2 fully saturated rings. The minimum atomic E-state index is -0.0988. The summed E-state index contributed by atoms with van der Waals surface area (Å²) in [4.78, 5) is 31.7. The summed E-state index contributed by atoms with van der Waals surface area (Å²) in [5.74, 6) is -0.150. The Labute approximate surface area is 341 Å². The first kappa shape index (κ1) is 50.0. The molecule has 1 spiro atoms. The first-order valence-corrected chi connectivity index (χ1v) is 24.4. The molecular formula is C48H92N2O5. The Morgan fingerprint density at radius 3 is 1.49 bits per heavy atom. The van der Waals surface area contributed by atoms with Crippen LogP contribution in [0.4, 0.5) is 0 Å². The largest absolute Gasteiger partial charge is 0.464 e. The number of hydrogen-bond acceptors (Lipinski definition) is 7. The van der Waals surface area contributed by atoms with E-state index in [1.807, 2.05) is 0 Å². The molecule has 2 unspecified atom stereocenters. The SMILES string of the molecule is CCCCCCCCCCCCCCCC(=O)OCC(COC(=O)C(CCCCCC)CCCCCCCC)N1CCC2(CCN(CCCCO)CC2)CC1. The minimum absolute atomic E-state index is 0.0195. The molecule has 2 saturated heterocycles. The summed E-state index contributed by atoms with van der Waals surface area (Å²) in [6, 6.07) is -0.0785. The van der Waals surface area contributed by atoms with Crippen LogP contribution in [0.3, 0.4) is 0 Å². The summed E-state index contributed by atoms with van der Waals surface area (Å²) in [6.07, 6.45) is 38.0. The zero-order valence-electron chi connectivity index (χ0n) is 36.9. The molecule has 0 amide bonds. The quantitative estimate of drug-likeness (QED) is 0.0501. The van der Waals surface area contributed by atoms with Crippen molar-refractivity contribution >= 4 is 11.9 Å². The van der Waals surface area contributed by atoms with Crippen molar-refractivity contribution in [2.24, 2.45) is 11.3 Å². The van der Waals surface area contributed by atoms with Gasteiger partial charge in [0.15, 0.2) is 0 Å². The highest BCUT2D eigenvalue weighted by atomic mass is 16.5. The maximum atomic E-state index is 13.6. The molecule has 0 aromatic rings. The molecule has 55 heavy (non-hydrogen) atoms. The van der Waals surface area contributed by atoms with Gasteiger partial charge in [-0.25, -0.2) is 0 Å². The van der Waals surface area contributed by atoms with Gasteiger partial charge in [0.2, 0.25) is 0 Å². The second kappa shape index (κ2) is 33.8. The number of hydrogen-bond donors (Lipinski definition) is 1. The van der Waals surface area contributed by atoms with Crippen LogP contribution in [-0.2, 0) is 19.1 Å². The summed E-state index contributed by atoms with van der Waals surface area (Å²) < 4.78 is 12.2. The molecule has 0 radical (unpaired) electrons. The van der Waals surface area contributed by atoms with Gasteiger partial charge >= 0.3 is 11.9 Å². The van der Waals surface area contributed by atoms with Crippen LogP contribution < -0.4 is 0 Å². The predicted molar refractivity (Wildman–Crippen MR) is 231 cm³/mol. The smallest absolute Gasteiger partial charge is 0.308 e. The molecule has 2 atom stereocenters. The number of ether oxygens (including phenoxy) is 2. The Hall–Kier alpha value is -1.18. The summed E-state index contributed by atoms with van der Waals surface area (Å²) in [5, 5.41) is 9.19. The third kappa shape index (κ3) is 24.4. The lowest BCUT2D eigenvalue weighted by molar-refractivity contribution is -0.154. The fourth-order valence-electron chi connectivity index (χ4n) is 9.03. The van der Waals surface area contributed by atoms with E-state index in [0.29, 0.717) is 25.0 Å². The highest BCUT2D eigenvalue weighted by Gasteiger charge is 2.39. The summed E-state index contributed by atoms with van der Waals surface area (Å²) in [6.45, 7) is 13.0. The zero-order valence-corrected chi connectivity index (χ0v) is 36.9. The predicted octanol–water partition coefficient (Wildman–Crippen LogP) is 12.2. The van der Waals surface area contributed by atoms with Gasteiger partial charge in [0, 0.05) is 13.0 Å². The molecular weight excluding hydrogens is 685 g/mol. The summed E-state index contributed by atoms with van der Waals surface area (Å²) in [7, 11) is 0. The van der Waals surface area contributed by atoms with Gasteiger partial charge in [0.05, 0.1) is 12.0 Å².